The molecule has 1 atom stereocenters. The van der Waals surface area contributed by atoms with Crippen molar-refractivity contribution in [2.75, 3.05) is 4.90 Å². The molecule has 4 aromatic rings. The maximum Gasteiger partial charge on any atom is 0.295 e. The first-order valence-electron chi connectivity index (χ1n) is 10.1. The summed E-state index contributed by atoms with van der Waals surface area (Å²) in [5, 5.41) is 11.5. The molecule has 0 aliphatic carbocycles. The van der Waals surface area contributed by atoms with Gasteiger partial charge in [-0.25, -0.2) is 0 Å². The molecule has 7 nitrogen and oxygen atoms in total. The molecule has 0 saturated heterocycles. The highest BCUT2D eigenvalue weighted by Crippen LogP contribution is 2.41. The van der Waals surface area contributed by atoms with Crippen molar-refractivity contribution in [1.82, 2.24) is 0 Å². The van der Waals surface area contributed by atoms with Crippen LogP contribution in [0.1, 0.15) is 38.9 Å². The number of aryl methyl sites for hydroxylation is 2. The van der Waals surface area contributed by atoms with Gasteiger partial charge in [-0.15, -0.1) is 0 Å². The van der Waals surface area contributed by atoms with Crippen LogP contribution >= 0.6 is 0 Å². The monoisotopic (exact) mass is 426 g/mol. The molecule has 32 heavy (non-hydrogen) atoms. The number of fused-ring (bicyclic) bond motifs is 2. The molecule has 1 aliphatic rings. The molecule has 0 bridgehead atoms. The van der Waals surface area contributed by atoms with E-state index in [1.54, 1.807) is 24.3 Å². The number of nitro groups is 1. The lowest BCUT2D eigenvalue weighted by molar-refractivity contribution is -0.384. The molecular weight excluding hydrogens is 408 g/mol. The fraction of sp³-hybridized carbons (Fsp3) is 0.120. The predicted octanol–water partition coefficient (Wildman–Crippen LogP) is 5.07. The van der Waals surface area contributed by atoms with Crippen molar-refractivity contribution in [2.24, 2.45) is 0 Å². The number of non-ortho nitro benzene ring substituents is 1. The second kappa shape index (κ2) is 7.16. The van der Waals surface area contributed by atoms with Crippen LogP contribution < -0.4 is 10.3 Å². The number of hydrogen-bond acceptors (Lipinski definition) is 5. The largest absolute Gasteiger partial charge is 0.450 e. The van der Waals surface area contributed by atoms with E-state index in [1.165, 1.54) is 17.0 Å². The molecule has 0 N–H and O–H groups in total. The summed E-state index contributed by atoms with van der Waals surface area (Å²) in [5.41, 5.74) is 3.36. The Hall–Kier alpha value is -4.26. The van der Waals surface area contributed by atoms with E-state index in [0.717, 1.165) is 11.1 Å². The standard InChI is InChI=1S/C25H18N2O5/c1-14-3-8-17(9-4-14)26-22(16-6-10-18(11-7-16)27(30)31)21-23(28)19-13-15(2)5-12-20(19)32-24(21)25(26)29/h3-13,22H,1-2H3. The smallest absolute Gasteiger partial charge is 0.295 e. The van der Waals surface area contributed by atoms with Gasteiger partial charge in [-0.2, -0.15) is 0 Å². The van der Waals surface area contributed by atoms with Gasteiger partial charge in [0.15, 0.2) is 5.43 Å². The zero-order valence-corrected chi connectivity index (χ0v) is 17.4. The normalized spacial score (nSPS) is 15.2. The summed E-state index contributed by atoms with van der Waals surface area (Å²) in [7, 11) is 0. The summed E-state index contributed by atoms with van der Waals surface area (Å²) in [6, 6.07) is 17.8. The quantitative estimate of drug-likeness (QED) is 0.337. The highest BCUT2D eigenvalue weighted by atomic mass is 16.6. The molecule has 5 rings (SSSR count). The molecule has 7 heteroatoms. The lowest BCUT2D eigenvalue weighted by Crippen LogP contribution is -2.29. The first-order chi connectivity index (χ1) is 15.3. The minimum atomic E-state index is -0.762. The van der Waals surface area contributed by atoms with Crippen LogP contribution in [-0.2, 0) is 0 Å². The van der Waals surface area contributed by atoms with Crippen LogP contribution in [0.25, 0.3) is 11.0 Å². The molecule has 1 aliphatic heterocycles. The van der Waals surface area contributed by atoms with Gasteiger partial charge >= 0.3 is 0 Å². The highest BCUT2D eigenvalue weighted by Gasteiger charge is 2.43. The third-order valence-electron chi connectivity index (χ3n) is 5.76. The highest BCUT2D eigenvalue weighted by molar-refractivity contribution is 6.10. The van der Waals surface area contributed by atoms with Gasteiger partial charge in [0.1, 0.15) is 5.58 Å². The molecular formula is C25H18N2O5. The fourth-order valence-corrected chi connectivity index (χ4v) is 4.15. The van der Waals surface area contributed by atoms with Gasteiger partial charge in [-0.3, -0.25) is 24.6 Å². The van der Waals surface area contributed by atoms with Gasteiger partial charge in [0.25, 0.3) is 11.6 Å². The number of carbonyl (C=O) groups excluding carboxylic acids is 1. The van der Waals surface area contributed by atoms with E-state index >= 15 is 0 Å². The molecule has 0 saturated carbocycles. The van der Waals surface area contributed by atoms with Gasteiger partial charge in [-0.05, 0) is 55.8 Å². The third-order valence-corrected chi connectivity index (χ3v) is 5.76. The number of hydrogen-bond donors (Lipinski definition) is 0. The molecule has 0 fully saturated rings. The average molecular weight is 426 g/mol. The summed E-state index contributed by atoms with van der Waals surface area (Å²) in [5.74, 6) is -0.429. The van der Waals surface area contributed by atoms with Gasteiger partial charge in [0, 0.05) is 17.8 Å². The molecule has 1 amide bonds. The van der Waals surface area contributed by atoms with Crippen LogP contribution in [0.4, 0.5) is 11.4 Å². The molecule has 1 unspecified atom stereocenters. The Morgan fingerprint density at radius 1 is 0.906 bits per heavy atom. The van der Waals surface area contributed by atoms with E-state index in [9.17, 15) is 19.7 Å². The Morgan fingerprint density at radius 2 is 1.56 bits per heavy atom. The number of nitro benzene ring substituents is 1. The zero-order chi connectivity index (χ0) is 22.6. The summed E-state index contributed by atoms with van der Waals surface area (Å²) < 4.78 is 5.94. The van der Waals surface area contributed by atoms with E-state index in [2.05, 4.69) is 0 Å². The lowest BCUT2D eigenvalue weighted by atomic mass is 9.97. The number of rotatable bonds is 3. The third kappa shape index (κ3) is 2.98. The first-order valence-corrected chi connectivity index (χ1v) is 10.1. The molecule has 0 spiro atoms. The summed E-state index contributed by atoms with van der Waals surface area (Å²) >= 11 is 0. The van der Waals surface area contributed by atoms with Crippen LogP contribution in [0.5, 0.6) is 0 Å². The Morgan fingerprint density at radius 3 is 2.22 bits per heavy atom. The minimum absolute atomic E-state index is 0.00437. The van der Waals surface area contributed by atoms with Crippen molar-refractivity contribution in [3.8, 4) is 0 Å². The molecule has 3 aromatic carbocycles. The van der Waals surface area contributed by atoms with Crippen LogP contribution in [0, 0.1) is 24.0 Å². The van der Waals surface area contributed by atoms with Crippen molar-refractivity contribution in [3.05, 3.63) is 115 Å². The van der Waals surface area contributed by atoms with Gasteiger partial charge in [0.2, 0.25) is 5.76 Å². The van der Waals surface area contributed by atoms with Crippen LogP contribution in [0.2, 0.25) is 0 Å². The van der Waals surface area contributed by atoms with Crippen LogP contribution in [0.3, 0.4) is 0 Å². The number of amides is 1. The van der Waals surface area contributed by atoms with Crippen molar-refractivity contribution < 1.29 is 14.1 Å². The average Bonchev–Trinajstić information content (AvgIpc) is 3.07. The molecule has 1 aromatic heterocycles. The number of anilines is 1. The second-order valence-electron chi connectivity index (χ2n) is 7.94. The van der Waals surface area contributed by atoms with E-state index in [-0.39, 0.29) is 22.4 Å². The topological polar surface area (TPSA) is 93.7 Å². The fourth-order valence-electron chi connectivity index (χ4n) is 4.15. The second-order valence-corrected chi connectivity index (χ2v) is 7.94. The number of carbonyl (C=O) groups is 1. The Labute approximate surface area is 182 Å². The van der Waals surface area contributed by atoms with Crippen molar-refractivity contribution >= 4 is 28.3 Å². The van der Waals surface area contributed by atoms with Crippen LogP contribution in [-0.4, -0.2) is 10.8 Å². The maximum absolute atomic E-state index is 13.6. The summed E-state index contributed by atoms with van der Waals surface area (Å²) in [4.78, 5) is 39.2. The Bertz CT molecular complexity index is 1450. The van der Waals surface area contributed by atoms with Gasteiger partial charge < -0.3 is 4.42 Å². The lowest BCUT2D eigenvalue weighted by Gasteiger charge is -2.25. The van der Waals surface area contributed by atoms with Crippen molar-refractivity contribution in [2.45, 2.75) is 19.9 Å². The van der Waals surface area contributed by atoms with Crippen LogP contribution in [0.15, 0.2) is 75.9 Å². The zero-order valence-electron chi connectivity index (χ0n) is 17.4. The maximum atomic E-state index is 13.6. The minimum Gasteiger partial charge on any atom is -0.450 e. The van der Waals surface area contributed by atoms with E-state index in [4.69, 9.17) is 4.42 Å². The van der Waals surface area contributed by atoms with Gasteiger partial charge in [-0.1, -0.05) is 29.3 Å². The predicted molar refractivity (Wildman–Crippen MR) is 120 cm³/mol. The SMILES string of the molecule is Cc1ccc(N2C(=O)c3oc4ccc(C)cc4c(=O)c3C2c2ccc([N+](=O)[O-])cc2)cc1. The number of nitrogens with zero attached hydrogens (tertiary/aromatic N) is 2. The van der Waals surface area contributed by atoms with Crippen molar-refractivity contribution in [3.63, 3.8) is 0 Å². The van der Waals surface area contributed by atoms with Crippen molar-refractivity contribution in [1.29, 1.82) is 0 Å². The summed E-state index contributed by atoms with van der Waals surface area (Å²) in [6.45, 7) is 3.82. The Kier molecular flexibility index (Phi) is 4.41. The first kappa shape index (κ1) is 19.7. The van der Waals surface area contributed by atoms with E-state index < -0.39 is 16.9 Å². The summed E-state index contributed by atoms with van der Waals surface area (Å²) in [6.07, 6.45) is 0. The Balaban J connectivity index is 1.78. The van der Waals surface area contributed by atoms with E-state index in [1.807, 2.05) is 44.2 Å². The van der Waals surface area contributed by atoms with Gasteiger partial charge in [0.05, 0.1) is 21.9 Å². The number of benzene rings is 3. The molecule has 2 heterocycles. The van der Waals surface area contributed by atoms with E-state index in [0.29, 0.717) is 22.2 Å². The molecule has 158 valence electrons. The molecule has 0 radical (unpaired) electrons.